The van der Waals surface area contributed by atoms with Crippen LogP contribution in [0, 0.1) is 11.3 Å². The van der Waals surface area contributed by atoms with Gasteiger partial charge in [-0.2, -0.15) is 5.26 Å². The van der Waals surface area contributed by atoms with Crippen molar-refractivity contribution in [3.8, 4) is 6.07 Å². The van der Waals surface area contributed by atoms with Crippen LogP contribution < -0.4 is 0 Å². The monoisotopic (exact) mass is 436 g/mol. The maximum Gasteiger partial charge on any atom is 0.314 e. The van der Waals surface area contributed by atoms with Crippen molar-refractivity contribution in [1.82, 2.24) is 4.90 Å². The first-order chi connectivity index (χ1) is 16.1. The highest BCUT2D eigenvalue weighted by molar-refractivity contribution is 5.81. The number of piperidine rings is 1. The fourth-order valence-corrected chi connectivity index (χ4v) is 4.81. The summed E-state index contributed by atoms with van der Waals surface area (Å²) in [6, 6.07) is 31.8. The molecule has 4 rings (SSSR count). The van der Waals surface area contributed by atoms with E-state index >= 15 is 0 Å². The first-order valence-corrected chi connectivity index (χ1v) is 11.3. The summed E-state index contributed by atoms with van der Waals surface area (Å²) in [5.41, 5.74) is 1.05. The van der Waals surface area contributed by atoms with Crippen molar-refractivity contribution in [3.05, 3.63) is 120 Å². The van der Waals surface area contributed by atoms with Crippen molar-refractivity contribution in [2.24, 2.45) is 0 Å². The molecule has 0 saturated carbocycles. The average molecular weight is 437 g/mol. The quantitative estimate of drug-likeness (QED) is 0.519. The molecule has 0 unspecified atom stereocenters. The molecule has 1 N–H and O–H groups in total. The highest BCUT2D eigenvalue weighted by Gasteiger charge is 2.42. The number of nitrogens with zero attached hydrogens (tertiary/aromatic N) is 2. The Morgan fingerprint density at radius 2 is 1.39 bits per heavy atom. The molecular formula is C29H28N2O2. The van der Waals surface area contributed by atoms with Gasteiger partial charge in [0.05, 0.1) is 11.5 Å². The molecule has 0 radical (unpaired) electrons. The second-order valence-corrected chi connectivity index (χ2v) is 8.61. The van der Waals surface area contributed by atoms with Crippen molar-refractivity contribution < 1.29 is 9.90 Å². The predicted octanol–water partition coefficient (Wildman–Crippen LogP) is 5.17. The van der Waals surface area contributed by atoms with Crippen LogP contribution >= 0.6 is 0 Å². The Bertz CT molecular complexity index is 1090. The Morgan fingerprint density at radius 3 is 1.85 bits per heavy atom. The third-order valence-electron chi connectivity index (χ3n) is 6.81. The molecule has 4 heteroatoms. The topological polar surface area (TPSA) is 64.3 Å². The first-order valence-electron chi connectivity index (χ1n) is 11.3. The van der Waals surface area contributed by atoms with Crippen molar-refractivity contribution in [2.75, 3.05) is 19.6 Å². The number of hydrogen-bond acceptors (Lipinski definition) is 3. The Labute approximate surface area is 195 Å². The Balaban J connectivity index is 1.52. The molecule has 33 heavy (non-hydrogen) atoms. The molecule has 3 aromatic rings. The fourth-order valence-electron chi connectivity index (χ4n) is 4.81. The molecule has 0 bridgehead atoms. The van der Waals surface area contributed by atoms with Gasteiger partial charge in [0.15, 0.2) is 0 Å². The van der Waals surface area contributed by atoms with Gasteiger partial charge in [0.1, 0.15) is 5.41 Å². The van der Waals surface area contributed by atoms with E-state index in [1.54, 1.807) is 0 Å². The van der Waals surface area contributed by atoms with Gasteiger partial charge in [-0.1, -0.05) is 103 Å². The van der Waals surface area contributed by atoms with Gasteiger partial charge in [-0.15, -0.1) is 0 Å². The first kappa shape index (κ1) is 22.5. The van der Waals surface area contributed by atoms with Crippen LogP contribution in [0.3, 0.4) is 0 Å². The van der Waals surface area contributed by atoms with Crippen molar-refractivity contribution in [2.45, 2.75) is 23.7 Å². The second kappa shape index (κ2) is 9.85. The van der Waals surface area contributed by atoms with E-state index in [1.807, 2.05) is 97.1 Å². The lowest BCUT2D eigenvalue weighted by atomic mass is 9.72. The number of nitriles is 1. The molecule has 3 aromatic carbocycles. The van der Waals surface area contributed by atoms with Crippen LogP contribution in [-0.4, -0.2) is 35.6 Å². The van der Waals surface area contributed by atoms with Crippen LogP contribution in [0.4, 0.5) is 0 Å². The Kier molecular flexibility index (Phi) is 6.72. The van der Waals surface area contributed by atoms with E-state index in [0.29, 0.717) is 32.5 Å². The molecule has 1 fully saturated rings. The third kappa shape index (κ3) is 4.46. The minimum atomic E-state index is -0.868. The number of carboxylic acids is 1. The van der Waals surface area contributed by atoms with E-state index in [-0.39, 0.29) is 0 Å². The Hall–Kier alpha value is -3.68. The van der Waals surface area contributed by atoms with Gasteiger partial charge < -0.3 is 5.11 Å². The van der Waals surface area contributed by atoms with E-state index in [4.69, 9.17) is 0 Å². The van der Waals surface area contributed by atoms with Gasteiger partial charge in [-0.3, -0.25) is 9.69 Å². The molecule has 0 aromatic heterocycles. The average Bonchev–Trinajstić information content (AvgIpc) is 2.89. The molecule has 1 saturated heterocycles. The summed E-state index contributed by atoms with van der Waals surface area (Å²) in [5.74, 6) is -0.749. The number of likely N-dealkylation sites (tertiary alicyclic amines) is 1. The third-order valence-corrected chi connectivity index (χ3v) is 6.81. The summed E-state index contributed by atoms with van der Waals surface area (Å²) in [7, 11) is 0. The molecule has 1 heterocycles. The fraction of sp³-hybridized carbons (Fsp3) is 0.241. The van der Waals surface area contributed by atoms with Crippen LogP contribution in [-0.2, 0) is 15.6 Å². The van der Waals surface area contributed by atoms with Crippen LogP contribution in [0.2, 0.25) is 0 Å². The molecule has 166 valence electrons. The van der Waals surface area contributed by atoms with Gasteiger partial charge in [-0.25, -0.2) is 0 Å². The van der Waals surface area contributed by atoms with Crippen LogP contribution in [0.5, 0.6) is 0 Å². The zero-order chi connectivity index (χ0) is 23.2. The number of aliphatic carboxylic acids is 1. The van der Waals surface area contributed by atoms with Gasteiger partial charge in [0.2, 0.25) is 0 Å². The van der Waals surface area contributed by atoms with E-state index in [2.05, 4.69) is 17.0 Å². The van der Waals surface area contributed by atoms with E-state index in [9.17, 15) is 15.2 Å². The lowest BCUT2D eigenvalue weighted by Gasteiger charge is -2.39. The highest BCUT2D eigenvalue weighted by atomic mass is 16.4. The smallest absolute Gasteiger partial charge is 0.314 e. The number of rotatable bonds is 7. The summed E-state index contributed by atoms with van der Waals surface area (Å²) < 4.78 is 0. The maximum absolute atomic E-state index is 12.2. The SMILES string of the molecule is N#CC(C=CCN1CCC(C(=O)O)(c2ccccc2)CC1)(c1ccccc1)c1ccccc1. The molecule has 0 atom stereocenters. The van der Waals surface area contributed by atoms with Gasteiger partial charge in [-0.05, 0) is 42.6 Å². The molecule has 1 aliphatic heterocycles. The van der Waals surface area contributed by atoms with Crippen molar-refractivity contribution in [1.29, 1.82) is 5.26 Å². The number of carbonyl (C=O) groups is 1. The van der Waals surface area contributed by atoms with Gasteiger partial charge in [0, 0.05) is 6.54 Å². The zero-order valence-corrected chi connectivity index (χ0v) is 18.6. The van der Waals surface area contributed by atoms with Crippen LogP contribution in [0.15, 0.2) is 103 Å². The summed E-state index contributed by atoms with van der Waals surface area (Å²) >= 11 is 0. The lowest BCUT2D eigenvalue weighted by molar-refractivity contribution is -0.145. The molecule has 0 aliphatic carbocycles. The van der Waals surface area contributed by atoms with Crippen LogP contribution in [0.25, 0.3) is 0 Å². The number of hydrogen-bond donors (Lipinski definition) is 1. The minimum Gasteiger partial charge on any atom is -0.481 e. The summed E-state index contributed by atoms with van der Waals surface area (Å²) in [5, 5.41) is 20.3. The maximum atomic E-state index is 12.2. The van der Waals surface area contributed by atoms with Gasteiger partial charge >= 0.3 is 5.97 Å². The largest absolute Gasteiger partial charge is 0.481 e. The standard InChI is InChI=1S/C29H28N2O2/c30-23-29(25-13-6-2-7-14-25,26-15-8-3-9-16-26)17-10-20-31-21-18-28(19-22-31,27(32)33)24-11-4-1-5-12-24/h1-17H,18-22H2,(H,32,33). The Morgan fingerprint density at radius 1 is 0.909 bits per heavy atom. The molecule has 1 aliphatic rings. The highest BCUT2D eigenvalue weighted by Crippen LogP contribution is 2.36. The molecule has 0 amide bonds. The van der Waals surface area contributed by atoms with Gasteiger partial charge in [0.25, 0.3) is 0 Å². The summed E-state index contributed by atoms with van der Waals surface area (Å²) in [4.78, 5) is 14.5. The molecular weight excluding hydrogens is 408 g/mol. The van der Waals surface area contributed by atoms with Crippen molar-refractivity contribution in [3.63, 3.8) is 0 Å². The van der Waals surface area contributed by atoms with E-state index in [1.165, 1.54) is 0 Å². The van der Waals surface area contributed by atoms with Crippen molar-refractivity contribution >= 4 is 5.97 Å². The lowest BCUT2D eigenvalue weighted by Crippen LogP contribution is -2.47. The second-order valence-electron chi connectivity index (χ2n) is 8.61. The number of allylic oxidation sites excluding steroid dienone is 1. The zero-order valence-electron chi connectivity index (χ0n) is 18.6. The van der Waals surface area contributed by atoms with Crippen LogP contribution in [0.1, 0.15) is 29.5 Å². The molecule has 0 spiro atoms. The normalized spacial score (nSPS) is 16.3. The summed E-state index contributed by atoms with van der Waals surface area (Å²) in [6.45, 7) is 2.07. The summed E-state index contributed by atoms with van der Waals surface area (Å²) in [6.07, 6.45) is 5.19. The predicted molar refractivity (Wildman–Crippen MR) is 130 cm³/mol. The molecule has 4 nitrogen and oxygen atoms in total. The van der Waals surface area contributed by atoms with E-state index < -0.39 is 16.8 Å². The number of benzene rings is 3. The van der Waals surface area contributed by atoms with E-state index in [0.717, 1.165) is 16.7 Å². The minimum absolute atomic E-state index is 0.570. The number of carboxylic acid groups (broad SMARTS) is 1.